The van der Waals surface area contributed by atoms with E-state index in [0.29, 0.717) is 13.2 Å². The first-order valence-corrected chi connectivity index (χ1v) is 11.7. The van der Waals surface area contributed by atoms with Crippen LogP contribution < -0.4 is 14.9 Å². The summed E-state index contributed by atoms with van der Waals surface area (Å²) in [7, 11) is -3.93. The van der Waals surface area contributed by atoms with Crippen LogP contribution >= 0.6 is 0 Å². The number of sulfonamides is 1. The quantitative estimate of drug-likeness (QED) is 0.590. The third-order valence-electron chi connectivity index (χ3n) is 5.02. The molecule has 1 aliphatic heterocycles. The van der Waals surface area contributed by atoms with Gasteiger partial charge in [0.15, 0.2) is 0 Å². The fourth-order valence-electron chi connectivity index (χ4n) is 3.25. The molecular formula is C22H26FN3O5S. The standard InChI is InChI=1S/C22H26FN3O5S/c1-16-7-9-20(10-8-16)32(29,30)25-14-22(28)26(18-5-2-4-17(23)12-18)15-21(27)24-13-19-6-3-11-31-19/h2,4-5,7-10,12,19,25H,3,6,11,13-15H2,1H3,(H,24,27)/t19-/m1/s1. The minimum Gasteiger partial charge on any atom is -0.376 e. The Labute approximate surface area is 186 Å². The predicted octanol–water partition coefficient (Wildman–Crippen LogP) is 1.74. The molecular weight excluding hydrogens is 437 g/mol. The van der Waals surface area contributed by atoms with Crippen LogP contribution in [0.1, 0.15) is 18.4 Å². The molecule has 1 heterocycles. The van der Waals surface area contributed by atoms with Crippen LogP contribution in [-0.2, 0) is 24.3 Å². The van der Waals surface area contributed by atoms with Gasteiger partial charge in [0, 0.05) is 18.8 Å². The monoisotopic (exact) mass is 463 g/mol. The number of halogens is 1. The Morgan fingerprint density at radius 3 is 2.59 bits per heavy atom. The van der Waals surface area contributed by atoms with Gasteiger partial charge < -0.3 is 15.0 Å². The highest BCUT2D eigenvalue weighted by molar-refractivity contribution is 7.89. The Kier molecular flexibility index (Phi) is 7.94. The average Bonchev–Trinajstić information content (AvgIpc) is 3.28. The summed E-state index contributed by atoms with van der Waals surface area (Å²) < 4.78 is 46.4. The van der Waals surface area contributed by atoms with Crippen LogP contribution in [0.25, 0.3) is 0 Å². The topological polar surface area (TPSA) is 105 Å². The molecule has 0 bridgehead atoms. The number of amides is 2. The van der Waals surface area contributed by atoms with Crippen molar-refractivity contribution in [3.8, 4) is 0 Å². The summed E-state index contributed by atoms with van der Waals surface area (Å²) in [4.78, 5) is 26.4. The maximum atomic E-state index is 13.7. The van der Waals surface area contributed by atoms with Crippen molar-refractivity contribution >= 4 is 27.5 Å². The van der Waals surface area contributed by atoms with E-state index in [1.807, 2.05) is 6.92 Å². The Hall–Kier alpha value is -2.82. The average molecular weight is 464 g/mol. The molecule has 0 aliphatic carbocycles. The number of nitrogens with zero attached hydrogens (tertiary/aromatic N) is 1. The van der Waals surface area contributed by atoms with E-state index >= 15 is 0 Å². The maximum Gasteiger partial charge on any atom is 0.242 e. The molecule has 0 saturated carbocycles. The van der Waals surface area contributed by atoms with Crippen molar-refractivity contribution in [2.24, 2.45) is 0 Å². The highest BCUT2D eigenvalue weighted by atomic mass is 32.2. The van der Waals surface area contributed by atoms with Crippen molar-refractivity contribution in [3.05, 3.63) is 59.9 Å². The van der Waals surface area contributed by atoms with Crippen LogP contribution in [-0.4, -0.2) is 52.6 Å². The smallest absolute Gasteiger partial charge is 0.242 e. The number of aryl methyl sites for hydroxylation is 1. The molecule has 3 rings (SSSR count). The van der Waals surface area contributed by atoms with Gasteiger partial charge in [-0.1, -0.05) is 23.8 Å². The number of hydrogen-bond acceptors (Lipinski definition) is 5. The first-order valence-electron chi connectivity index (χ1n) is 10.3. The molecule has 10 heteroatoms. The molecule has 0 aromatic heterocycles. The Morgan fingerprint density at radius 2 is 1.94 bits per heavy atom. The zero-order valence-electron chi connectivity index (χ0n) is 17.7. The molecule has 2 aromatic rings. The van der Waals surface area contributed by atoms with E-state index in [1.54, 1.807) is 12.1 Å². The molecule has 32 heavy (non-hydrogen) atoms. The molecule has 8 nitrogen and oxygen atoms in total. The van der Waals surface area contributed by atoms with E-state index in [4.69, 9.17) is 4.74 Å². The number of ether oxygens (including phenoxy) is 1. The van der Waals surface area contributed by atoms with E-state index in [-0.39, 0.29) is 23.2 Å². The Balaban J connectivity index is 1.68. The lowest BCUT2D eigenvalue weighted by molar-refractivity contribution is -0.123. The van der Waals surface area contributed by atoms with Gasteiger partial charge in [0.1, 0.15) is 12.4 Å². The highest BCUT2D eigenvalue weighted by Gasteiger charge is 2.23. The van der Waals surface area contributed by atoms with Crippen molar-refractivity contribution in [3.63, 3.8) is 0 Å². The fraction of sp³-hybridized carbons (Fsp3) is 0.364. The minimum absolute atomic E-state index is 0.0162. The van der Waals surface area contributed by atoms with Crippen LogP contribution in [0.2, 0.25) is 0 Å². The predicted molar refractivity (Wildman–Crippen MR) is 117 cm³/mol. The summed E-state index contributed by atoms with van der Waals surface area (Å²) in [5.74, 6) is -1.74. The van der Waals surface area contributed by atoms with Gasteiger partial charge in [-0.05, 0) is 50.1 Å². The van der Waals surface area contributed by atoms with Crippen LogP contribution in [0.15, 0.2) is 53.4 Å². The summed E-state index contributed by atoms with van der Waals surface area (Å²) in [6, 6.07) is 11.4. The molecule has 1 atom stereocenters. The number of carbonyl (C=O) groups excluding carboxylic acids is 2. The van der Waals surface area contributed by atoms with Gasteiger partial charge in [0.25, 0.3) is 0 Å². The van der Waals surface area contributed by atoms with E-state index in [2.05, 4.69) is 10.0 Å². The first kappa shape index (κ1) is 23.8. The SMILES string of the molecule is Cc1ccc(S(=O)(=O)NCC(=O)N(CC(=O)NC[C@H]2CCCO2)c2cccc(F)c2)cc1. The van der Waals surface area contributed by atoms with E-state index < -0.39 is 34.2 Å². The van der Waals surface area contributed by atoms with Crippen LogP contribution in [0.3, 0.4) is 0 Å². The van der Waals surface area contributed by atoms with Gasteiger partial charge in [-0.15, -0.1) is 0 Å². The second kappa shape index (κ2) is 10.7. The van der Waals surface area contributed by atoms with Gasteiger partial charge in [-0.2, -0.15) is 0 Å². The van der Waals surface area contributed by atoms with Crippen LogP contribution in [0.4, 0.5) is 10.1 Å². The van der Waals surface area contributed by atoms with Crippen molar-refractivity contribution < 1.29 is 27.1 Å². The summed E-state index contributed by atoms with van der Waals surface area (Å²) in [5.41, 5.74) is 1.04. The van der Waals surface area contributed by atoms with Gasteiger partial charge >= 0.3 is 0 Å². The van der Waals surface area contributed by atoms with Gasteiger partial charge in [-0.3, -0.25) is 9.59 Å². The number of anilines is 1. The maximum absolute atomic E-state index is 13.7. The largest absolute Gasteiger partial charge is 0.376 e. The molecule has 2 N–H and O–H groups in total. The number of nitrogens with one attached hydrogen (secondary N) is 2. The molecule has 1 fully saturated rings. The van der Waals surface area contributed by atoms with Crippen molar-refractivity contribution in [1.82, 2.24) is 10.0 Å². The minimum atomic E-state index is -3.93. The summed E-state index contributed by atoms with van der Waals surface area (Å²) in [6.45, 7) is 1.81. The lowest BCUT2D eigenvalue weighted by Crippen LogP contribution is -2.46. The lowest BCUT2D eigenvalue weighted by Gasteiger charge is -2.23. The lowest BCUT2D eigenvalue weighted by atomic mass is 10.2. The molecule has 0 radical (unpaired) electrons. The molecule has 0 spiro atoms. The summed E-state index contributed by atoms with van der Waals surface area (Å²) in [5, 5.41) is 2.71. The normalized spacial score (nSPS) is 16.0. The third kappa shape index (κ3) is 6.59. The van der Waals surface area contributed by atoms with Gasteiger partial charge in [0.05, 0.1) is 17.5 Å². The van der Waals surface area contributed by atoms with Crippen molar-refractivity contribution in [2.75, 3.05) is 31.1 Å². The van der Waals surface area contributed by atoms with E-state index in [1.165, 1.54) is 30.3 Å². The summed E-state index contributed by atoms with van der Waals surface area (Å²) in [6.07, 6.45) is 1.70. The number of hydrogen-bond donors (Lipinski definition) is 2. The molecule has 2 aromatic carbocycles. The third-order valence-corrected chi connectivity index (χ3v) is 6.44. The number of carbonyl (C=O) groups is 2. The highest BCUT2D eigenvalue weighted by Crippen LogP contribution is 2.16. The van der Waals surface area contributed by atoms with Crippen molar-refractivity contribution in [2.45, 2.75) is 30.8 Å². The number of benzene rings is 2. The fourth-order valence-corrected chi connectivity index (χ4v) is 4.23. The molecule has 172 valence electrons. The number of rotatable bonds is 9. The molecule has 1 aliphatic rings. The van der Waals surface area contributed by atoms with Crippen molar-refractivity contribution in [1.29, 1.82) is 0 Å². The van der Waals surface area contributed by atoms with Gasteiger partial charge in [-0.25, -0.2) is 17.5 Å². The van der Waals surface area contributed by atoms with Crippen LogP contribution in [0.5, 0.6) is 0 Å². The zero-order valence-corrected chi connectivity index (χ0v) is 18.5. The van der Waals surface area contributed by atoms with E-state index in [9.17, 15) is 22.4 Å². The Bertz CT molecular complexity index is 1050. The van der Waals surface area contributed by atoms with Crippen LogP contribution in [0, 0.1) is 12.7 Å². The second-order valence-corrected chi connectivity index (χ2v) is 9.30. The first-order chi connectivity index (χ1) is 15.2. The van der Waals surface area contributed by atoms with Gasteiger partial charge in [0.2, 0.25) is 21.8 Å². The Morgan fingerprint density at radius 1 is 1.19 bits per heavy atom. The molecule has 2 amide bonds. The molecule has 0 unspecified atom stereocenters. The van der Waals surface area contributed by atoms with E-state index in [0.717, 1.165) is 29.4 Å². The zero-order chi connectivity index (χ0) is 23.1. The molecule has 1 saturated heterocycles. The second-order valence-electron chi connectivity index (χ2n) is 7.54. The summed E-state index contributed by atoms with van der Waals surface area (Å²) >= 11 is 0.